The van der Waals surface area contributed by atoms with Crippen LogP contribution in [-0.4, -0.2) is 193 Å². The maximum absolute atomic E-state index is 12.9. The van der Waals surface area contributed by atoms with Crippen molar-refractivity contribution in [2.24, 2.45) is 0 Å². The van der Waals surface area contributed by atoms with E-state index in [1.165, 1.54) is 83.2 Å². The average molecular weight is 1100 g/mol. The molecule has 0 aromatic heterocycles. The standard InChI is InChI=1S/C43H73N15O15S2/c1-17(32(62)44-12)49-35(65)21(5)51-37(67)23(7)53-39(69)25(9)56-43(73)29(16-75)57-40(70)20(4)48-31(61)14-45-30(60)13-46-33(63)18(2)55-42(72)28(15-74)58-41(71)26(10)54-38(68)24(8)52-36(66)22(6)50-34(64)19(3)47-27(11)59/h17-26,28-29,74-75H,13-16H2,1-12H3,(H,44,62)(H,45,60)(H,46,63)(H,47,59)(H,48,61)(H,49,65)(H,50,64)(H,51,67)(H,52,66)(H,53,69)(H,54,68)(H,55,72)(H,56,73)(H,57,70)(H,58,71)/t17-,18-,19-,20-,21-,22-,23-,24-,25-,26-,28-,29-/m0/s1. The molecule has 0 radical (unpaired) electrons. The second-order valence-corrected chi connectivity index (χ2v) is 17.9. The number of nitrogens with one attached hydrogen (secondary N) is 15. The Hall–Kier alpha value is -7.25. The Bertz CT molecular complexity index is 2140. The normalized spacial score (nSPS) is 15.4. The third-order valence-electron chi connectivity index (χ3n) is 10.3. The summed E-state index contributed by atoms with van der Waals surface area (Å²) in [4.78, 5) is 187. The van der Waals surface area contributed by atoms with Gasteiger partial charge in [0, 0.05) is 25.5 Å². The number of hydrogen-bond donors (Lipinski definition) is 17. The Morgan fingerprint density at radius 1 is 0.293 bits per heavy atom. The SMILES string of the molecule is CNC(=O)[C@H](C)NC(=O)[C@H](C)NC(=O)[C@H](C)NC(=O)[C@H](C)NC(=O)[C@H](CS)NC(=O)[C@H](C)NC(=O)CNC(=O)CNC(=O)[C@H](C)NC(=O)[C@H](CS)NC(=O)[C@H](C)NC(=O)[C@H](C)NC(=O)[C@H](C)NC(=O)[C@H](C)NC(C)=O. The van der Waals surface area contributed by atoms with Crippen LogP contribution in [0, 0.1) is 0 Å². The van der Waals surface area contributed by atoms with E-state index in [4.69, 9.17) is 0 Å². The van der Waals surface area contributed by atoms with E-state index in [2.05, 4.69) is 105 Å². The first-order valence-corrected chi connectivity index (χ1v) is 24.6. The molecule has 0 rings (SSSR count). The monoisotopic (exact) mass is 1100 g/mol. The molecule has 32 heteroatoms. The van der Waals surface area contributed by atoms with Gasteiger partial charge in [0.15, 0.2) is 0 Å². The van der Waals surface area contributed by atoms with Gasteiger partial charge in [0.25, 0.3) is 0 Å². The Kier molecular flexibility index (Phi) is 30.3. The molecule has 30 nitrogen and oxygen atoms in total. The lowest BCUT2D eigenvalue weighted by Gasteiger charge is -2.23. The fraction of sp³-hybridized carbons (Fsp3) is 0.651. The molecule has 15 amide bonds. The highest BCUT2D eigenvalue weighted by Crippen LogP contribution is 1.99. The van der Waals surface area contributed by atoms with Crippen molar-refractivity contribution < 1.29 is 71.9 Å². The van der Waals surface area contributed by atoms with Gasteiger partial charge in [-0.15, -0.1) is 0 Å². The quantitative estimate of drug-likeness (QED) is 0.0297. The predicted octanol–water partition coefficient (Wildman–Crippen LogP) is -8.14. The molecule has 0 saturated heterocycles. The van der Waals surface area contributed by atoms with Crippen molar-refractivity contribution in [1.29, 1.82) is 0 Å². The summed E-state index contributed by atoms with van der Waals surface area (Å²) in [7, 11) is 1.39. The summed E-state index contributed by atoms with van der Waals surface area (Å²) in [5.41, 5.74) is 0. The van der Waals surface area contributed by atoms with Crippen LogP contribution in [0.25, 0.3) is 0 Å². The first kappa shape index (κ1) is 67.8. The van der Waals surface area contributed by atoms with Gasteiger partial charge in [0.2, 0.25) is 88.6 Å². The maximum Gasteiger partial charge on any atom is 0.244 e. The molecule has 0 fully saturated rings. The molecule has 75 heavy (non-hydrogen) atoms. The molecular weight excluding hydrogens is 1030 g/mol. The summed E-state index contributed by atoms with van der Waals surface area (Å²) >= 11 is 8.15. The summed E-state index contributed by atoms with van der Waals surface area (Å²) in [6.07, 6.45) is 0. The molecule has 0 aromatic rings. The van der Waals surface area contributed by atoms with Crippen LogP contribution in [0.2, 0.25) is 0 Å². The molecular formula is C43H73N15O15S2. The fourth-order valence-electron chi connectivity index (χ4n) is 5.67. The maximum atomic E-state index is 12.9. The highest BCUT2D eigenvalue weighted by Gasteiger charge is 2.31. The number of likely N-dealkylation sites (N-methyl/N-ethyl adjacent to an activating group) is 1. The van der Waals surface area contributed by atoms with Gasteiger partial charge >= 0.3 is 0 Å². The van der Waals surface area contributed by atoms with Crippen molar-refractivity contribution in [2.45, 2.75) is 149 Å². The van der Waals surface area contributed by atoms with E-state index in [1.807, 2.05) is 0 Å². The zero-order valence-electron chi connectivity index (χ0n) is 43.8. The second-order valence-electron chi connectivity index (χ2n) is 17.1. The molecule has 15 N–H and O–H groups in total. The van der Waals surface area contributed by atoms with E-state index in [9.17, 15) is 71.9 Å². The molecule has 12 atom stereocenters. The van der Waals surface area contributed by atoms with Crippen LogP contribution in [0.4, 0.5) is 0 Å². The van der Waals surface area contributed by atoms with Crippen molar-refractivity contribution in [3.63, 3.8) is 0 Å². The van der Waals surface area contributed by atoms with Crippen LogP contribution in [0.15, 0.2) is 0 Å². The molecule has 0 aromatic carbocycles. The van der Waals surface area contributed by atoms with Crippen LogP contribution in [0.1, 0.15) is 76.2 Å². The van der Waals surface area contributed by atoms with Gasteiger partial charge in [-0.3, -0.25) is 71.9 Å². The van der Waals surface area contributed by atoms with Crippen molar-refractivity contribution >= 4 is 114 Å². The summed E-state index contributed by atoms with van der Waals surface area (Å²) in [6, 6.07) is -13.9. The molecule has 0 aliphatic rings. The first-order valence-electron chi connectivity index (χ1n) is 23.4. The molecule has 0 aliphatic carbocycles. The molecule has 0 aliphatic heterocycles. The number of carbonyl (C=O) groups excluding carboxylic acids is 15. The number of amides is 15. The minimum absolute atomic E-state index is 0.249. The summed E-state index contributed by atoms with van der Waals surface area (Å²) in [5.74, 6) is -11.7. The Balaban J connectivity index is 4.92. The lowest BCUT2D eigenvalue weighted by atomic mass is 10.2. The molecule has 422 valence electrons. The minimum atomic E-state index is -1.31. The van der Waals surface area contributed by atoms with E-state index in [0.29, 0.717) is 0 Å². The topological polar surface area (TPSA) is 436 Å². The van der Waals surface area contributed by atoms with Crippen molar-refractivity contribution in [1.82, 2.24) is 79.8 Å². The number of thiol groups is 2. The molecule has 0 saturated carbocycles. The predicted molar refractivity (Wildman–Crippen MR) is 273 cm³/mol. The number of carbonyl (C=O) groups is 15. The van der Waals surface area contributed by atoms with Gasteiger partial charge in [0.05, 0.1) is 13.1 Å². The van der Waals surface area contributed by atoms with Gasteiger partial charge < -0.3 is 79.8 Å². The van der Waals surface area contributed by atoms with E-state index < -0.39 is 174 Å². The molecule has 0 spiro atoms. The smallest absolute Gasteiger partial charge is 0.244 e. The van der Waals surface area contributed by atoms with E-state index in [0.717, 1.165) is 0 Å². The van der Waals surface area contributed by atoms with Crippen molar-refractivity contribution in [3.8, 4) is 0 Å². The van der Waals surface area contributed by atoms with Crippen molar-refractivity contribution in [3.05, 3.63) is 0 Å². The van der Waals surface area contributed by atoms with E-state index in [1.54, 1.807) is 0 Å². The zero-order valence-corrected chi connectivity index (χ0v) is 45.6. The second kappa shape index (κ2) is 33.5. The lowest BCUT2D eigenvalue weighted by Crippen LogP contribution is -2.58. The van der Waals surface area contributed by atoms with Gasteiger partial charge in [0.1, 0.15) is 72.5 Å². The van der Waals surface area contributed by atoms with Gasteiger partial charge in [-0.2, -0.15) is 25.3 Å². The number of rotatable bonds is 30. The third-order valence-corrected chi connectivity index (χ3v) is 11.1. The molecule has 0 bridgehead atoms. The fourth-order valence-corrected chi connectivity index (χ4v) is 6.19. The van der Waals surface area contributed by atoms with Crippen LogP contribution < -0.4 is 79.8 Å². The Labute approximate surface area is 444 Å². The first-order chi connectivity index (χ1) is 34.8. The summed E-state index contributed by atoms with van der Waals surface area (Å²) in [5, 5.41) is 35.4. The zero-order chi connectivity index (χ0) is 58.0. The highest BCUT2D eigenvalue weighted by molar-refractivity contribution is 7.80. The Morgan fingerprint density at radius 2 is 0.533 bits per heavy atom. The molecule has 0 heterocycles. The van der Waals surface area contributed by atoms with E-state index >= 15 is 0 Å². The minimum Gasteiger partial charge on any atom is -0.357 e. The lowest BCUT2D eigenvalue weighted by molar-refractivity contribution is -0.134. The van der Waals surface area contributed by atoms with Crippen LogP contribution in [-0.2, 0) is 71.9 Å². The summed E-state index contributed by atoms with van der Waals surface area (Å²) in [6.45, 7) is 13.3. The average Bonchev–Trinajstić information content (AvgIpc) is 3.34. The largest absolute Gasteiger partial charge is 0.357 e. The van der Waals surface area contributed by atoms with Crippen LogP contribution in [0.5, 0.6) is 0 Å². The van der Waals surface area contributed by atoms with E-state index in [-0.39, 0.29) is 11.5 Å². The van der Waals surface area contributed by atoms with Crippen molar-refractivity contribution in [2.75, 3.05) is 31.6 Å². The van der Waals surface area contributed by atoms with Gasteiger partial charge in [-0.25, -0.2) is 0 Å². The van der Waals surface area contributed by atoms with Gasteiger partial charge in [-0.05, 0) is 69.2 Å². The molecule has 0 unspecified atom stereocenters. The van der Waals surface area contributed by atoms with Crippen LogP contribution in [0.3, 0.4) is 0 Å². The van der Waals surface area contributed by atoms with Crippen LogP contribution >= 0.6 is 25.3 Å². The Morgan fingerprint density at radius 3 is 0.827 bits per heavy atom. The third kappa shape index (κ3) is 25.5. The highest BCUT2D eigenvalue weighted by atomic mass is 32.1. The summed E-state index contributed by atoms with van der Waals surface area (Å²) < 4.78 is 0. The number of hydrogen-bond acceptors (Lipinski definition) is 17. The van der Waals surface area contributed by atoms with Gasteiger partial charge in [-0.1, -0.05) is 0 Å².